The van der Waals surface area contributed by atoms with Crippen LogP contribution in [0.4, 0.5) is 0 Å². The van der Waals surface area contributed by atoms with Crippen molar-refractivity contribution < 1.29 is 4.79 Å². The Morgan fingerprint density at radius 3 is 2.26 bits per heavy atom. The predicted molar refractivity (Wildman–Crippen MR) is 114 cm³/mol. The van der Waals surface area contributed by atoms with Crippen LogP contribution in [0.1, 0.15) is 37.7 Å². The van der Waals surface area contributed by atoms with E-state index >= 15 is 0 Å². The normalized spacial score (nSPS) is 19.7. The molecule has 2 aliphatic rings. The van der Waals surface area contributed by atoms with E-state index in [0.29, 0.717) is 12.5 Å². The molecule has 0 unspecified atom stereocenters. The van der Waals surface area contributed by atoms with Gasteiger partial charge in [-0.3, -0.25) is 9.69 Å². The second-order valence-corrected chi connectivity index (χ2v) is 8.13. The number of carbonyl (C=O) groups is 1. The van der Waals surface area contributed by atoms with Gasteiger partial charge in [-0.25, -0.2) is 0 Å². The van der Waals surface area contributed by atoms with Crippen LogP contribution in [-0.4, -0.2) is 62.0 Å². The van der Waals surface area contributed by atoms with Crippen LogP contribution < -0.4 is 5.32 Å². The minimum Gasteiger partial charge on any atom is -0.342 e. The van der Waals surface area contributed by atoms with Crippen molar-refractivity contribution >= 4 is 18.3 Å². The number of hydrogen-bond acceptors (Lipinski definition) is 3. The average Bonchev–Trinajstić information content (AvgIpc) is 2.69. The zero-order valence-electron chi connectivity index (χ0n) is 16.7. The molecule has 3 rings (SSSR count). The van der Waals surface area contributed by atoms with Gasteiger partial charge in [0.25, 0.3) is 0 Å². The molecule has 1 N–H and O–H groups in total. The van der Waals surface area contributed by atoms with Gasteiger partial charge in [-0.1, -0.05) is 30.3 Å². The zero-order valence-corrected chi connectivity index (χ0v) is 17.6. The van der Waals surface area contributed by atoms with Crippen molar-refractivity contribution in [2.24, 2.45) is 11.8 Å². The molecule has 2 saturated heterocycles. The molecule has 1 aromatic rings. The minimum absolute atomic E-state index is 0. The van der Waals surface area contributed by atoms with Crippen LogP contribution in [-0.2, 0) is 11.2 Å². The fraction of sp³-hybridized carbons (Fsp3) is 0.682. The smallest absolute Gasteiger partial charge is 0.236 e. The third-order valence-electron chi connectivity index (χ3n) is 6.20. The molecular weight excluding hydrogens is 358 g/mol. The largest absolute Gasteiger partial charge is 0.342 e. The lowest BCUT2D eigenvalue weighted by Crippen LogP contribution is -2.46. The number of carbonyl (C=O) groups excluding carboxylic acids is 1. The summed E-state index contributed by atoms with van der Waals surface area (Å²) in [6, 6.07) is 10.8. The lowest BCUT2D eigenvalue weighted by molar-refractivity contribution is -0.134. The lowest BCUT2D eigenvalue weighted by Gasteiger charge is -2.36. The molecule has 0 saturated carbocycles. The number of likely N-dealkylation sites (tertiary alicyclic amines) is 2. The highest BCUT2D eigenvalue weighted by Gasteiger charge is 2.26. The van der Waals surface area contributed by atoms with Crippen molar-refractivity contribution in [3.8, 4) is 0 Å². The van der Waals surface area contributed by atoms with Gasteiger partial charge in [0.1, 0.15) is 0 Å². The number of hydrogen-bond donors (Lipinski definition) is 1. The van der Waals surface area contributed by atoms with Crippen molar-refractivity contribution in [3.05, 3.63) is 35.9 Å². The molecule has 2 fully saturated rings. The first-order chi connectivity index (χ1) is 12.7. The number of nitrogens with one attached hydrogen (secondary N) is 1. The Kier molecular flexibility index (Phi) is 9.60. The molecule has 0 radical (unpaired) electrons. The molecule has 0 atom stereocenters. The van der Waals surface area contributed by atoms with Gasteiger partial charge >= 0.3 is 0 Å². The van der Waals surface area contributed by atoms with Crippen LogP contribution in [0.2, 0.25) is 0 Å². The zero-order chi connectivity index (χ0) is 18.2. The molecular formula is C22H36ClN3O. The maximum Gasteiger partial charge on any atom is 0.236 e. The highest BCUT2D eigenvalue weighted by Crippen LogP contribution is 2.23. The molecule has 0 aromatic heterocycles. The summed E-state index contributed by atoms with van der Waals surface area (Å²) in [4.78, 5) is 17.1. The average molecular weight is 394 g/mol. The molecule has 0 bridgehead atoms. The highest BCUT2D eigenvalue weighted by atomic mass is 35.5. The first-order valence-corrected chi connectivity index (χ1v) is 10.4. The minimum atomic E-state index is 0. The van der Waals surface area contributed by atoms with E-state index in [0.717, 1.165) is 63.8 Å². The van der Waals surface area contributed by atoms with Crippen molar-refractivity contribution in [3.63, 3.8) is 0 Å². The summed E-state index contributed by atoms with van der Waals surface area (Å²) in [7, 11) is 2.02. The Bertz CT molecular complexity index is 538. The van der Waals surface area contributed by atoms with E-state index in [1.807, 2.05) is 7.05 Å². The van der Waals surface area contributed by atoms with E-state index in [-0.39, 0.29) is 12.4 Å². The Morgan fingerprint density at radius 1 is 1.00 bits per heavy atom. The second kappa shape index (κ2) is 11.7. The van der Waals surface area contributed by atoms with Gasteiger partial charge in [-0.05, 0) is 82.6 Å². The van der Waals surface area contributed by atoms with Crippen molar-refractivity contribution in [1.29, 1.82) is 0 Å². The van der Waals surface area contributed by atoms with Gasteiger partial charge in [0.05, 0.1) is 6.54 Å². The van der Waals surface area contributed by atoms with Gasteiger partial charge in [0, 0.05) is 13.1 Å². The molecule has 152 valence electrons. The SMILES string of the molecule is CNCCC1CCN(CC(=O)N2CCC(Cc3ccccc3)CC2)CC1.Cl. The van der Waals surface area contributed by atoms with Gasteiger partial charge < -0.3 is 10.2 Å². The van der Waals surface area contributed by atoms with Gasteiger partial charge in [-0.15, -0.1) is 12.4 Å². The molecule has 0 aliphatic carbocycles. The quantitative estimate of drug-likeness (QED) is 0.772. The first kappa shape index (κ1) is 22.2. The summed E-state index contributed by atoms with van der Waals surface area (Å²) in [5.41, 5.74) is 1.43. The Morgan fingerprint density at radius 2 is 1.63 bits per heavy atom. The fourth-order valence-corrected chi connectivity index (χ4v) is 4.41. The molecule has 0 spiro atoms. The van der Waals surface area contributed by atoms with Crippen molar-refractivity contribution in [2.75, 3.05) is 46.3 Å². The van der Waals surface area contributed by atoms with Crippen LogP contribution in [0.15, 0.2) is 30.3 Å². The Balaban J connectivity index is 0.00000261. The maximum atomic E-state index is 12.7. The van der Waals surface area contributed by atoms with E-state index in [1.54, 1.807) is 0 Å². The van der Waals surface area contributed by atoms with E-state index in [1.165, 1.54) is 24.8 Å². The summed E-state index contributed by atoms with van der Waals surface area (Å²) >= 11 is 0. The number of rotatable bonds is 7. The van der Waals surface area contributed by atoms with Crippen LogP contribution in [0.25, 0.3) is 0 Å². The molecule has 1 aromatic carbocycles. The number of nitrogens with zero attached hydrogens (tertiary/aromatic N) is 2. The third-order valence-corrected chi connectivity index (χ3v) is 6.20. The molecule has 27 heavy (non-hydrogen) atoms. The van der Waals surface area contributed by atoms with E-state index in [2.05, 4.69) is 45.4 Å². The summed E-state index contributed by atoms with van der Waals surface area (Å²) in [6.45, 7) is 5.79. The summed E-state index contributed by atoms with van der Waals surface area (Å²) < 4.78 is 0. The van der Waals surface area contributed by atoms with E-state index in [4.69, 9.17) is 0 Å². The van der Waals surface area contributed by atoms with E-state index in [9.17, 15) is 4.79 Å². The standard InChI is InChI=1S/C22H35N3O.ClH/c1-23-12-7-19-8-13-24(14-9-19)18-22(26)25-15-10-21(11-16-25)17-20-5-3-2-4-6-20;/h2-6,19,21,23H,7-18H2,1H3;1H. The number of piperidine rings is 2. The molecule has 1 amide bonds. The highest BCUT2D eigenvalue weighted by molar-refractivity contribution is 5.85. The van der Waals surface area contributed by atoms with Gasteiger partial charge in [0.15, 0.2) is 0 Å². The Labute approximate surface area is 171 Å². The summed E-state index contributed by atoms with van der Waals surface area (Å²) in [5, 5.41) is 3.25. The monoisotopic (exact) mass is 393 g/mol. The first-order valence-electron chi connectivity index (χ1n) is 10.4. The second-order valence-electron chi connectivity index (χ2n) is 8.13. The Hall–Kier alpha value is -1.10. The maximum absolute atomic E-state index is 12.7. The van der Waals surface area contributed by atoms with Gasteiger partial charge in [0.2, 0.25) is 5.91 Å². The number of benzene rings is 1. The van der Waals surface area contributed by atoms with Crippen molar-refractivity contribution in [1.82, 2.24) is 15.1 Å². The molecule has 2 aliphatic heterocycles. The van der Waals surface area contributed by atoms with Crippen LogP contribution in [0, 0.1) is 11.8 Å². The summed E-state index contributed by atoms with van der Waals surface area (Å²) in [6.07, 6.45) is 7.21. The van der Waals surface area contributed by atoms with E-state index < -0.39 is 0 Å². The molecule has 5 heteroatoms. The fourth-order valence-electron chi connectivity index (χ4n) is 4.41. The number of halogens is 1. The topological polar surface area (TPSA) is 35.6 Å². The van der Waals surface area contributed by atoms with Crippen LogP contribution in [0.5, 0.6) is 0 Å². The summed E-state index contributed by atoms with van der Waals surface area (Å²) in [5.74, 6) is 1.91. The van der Waals surface area contributed by atoms with Crippen LogP contribution in [0.3, 0.4) is 0 Å². The lowest BCUT2D eigenvalue weighted by atomic mass is 9.90. The third kappa shape index (κ3) is 7.10. The number of amides is 1. The van der Waals surface area contributed by atoms with Gasteiger partial charge in [-0.2, -0.15) is 0 Å². The molecule has 2 heterocycles. The van der Waals surface area contributed by atoms with Crippen LogP contribution >= 0.6 is 12.4 Å². The predicted octanol–water partition coefficient (Wildman–Crippen LogP) is 3.21. The molecule has 4 nitrogen and oxygen atoms in total. The van der Waals surface area contributed by atoms with Crippen molar-refractivity contribution in [2.45, 2.75) is 38.5 Å².